The van der Waals surface area contributed by atoms with Crippen LogP contribution in [0.1, 0.15) is 90.4 Å². The lowest BCUT2D eigenvalue weighted by molar-refractivity contribution is 0.0146. The lowest BCUT2D eigenvalue weighted by Crippen LogP contribution is -2.46. The number of aromatic nitrogens is 2. The molecule has 2 unspecified atom stereocenters. The van der Waals surface area contributed by atoms with Gasteiger partial charge in [-0.1, -0.05) is 29.4 Å². The van der Waals surface area contributed by atoms with E-state index in [0.717, 1.165) is 48.5 Å². The van der Waals surface area contributed by atoms with Crippen LogP contribution in [0.25, 0.3) is 11.3 Å². The van der Waals surface area contributed by atoms with Crippen LogP contribution in [0, 0.1) is 0 Å². The minimum Gasteiger partial charge on any atom is -0.478 e. The molecule has 7 nitrogen and oxygen atoms in total. The van der Waals surface area contributed by atoms with Gasteiger partial charge in [-0.3, -0.25) is 0 Å². The summed E-state index contributed by atoms with van der Waals surface area (Å²) in [5.41, 5.74) is 4.94. The Balaban J connectivity index is 1.09. The quantitative estimate of drug-likeness (QED) is 0.424. The van der Waals surface area contributed by atoms with Gasteiger partial charge in [-0.25, -0.2) is 9.78 Å². The highest BCUT2D eigenvalue weighted by Gasteiger charge is 2.42. The molecule has 2 aliphatic heterocycles. The van der Waals surface area contributed by atoms with Crippen LogP contribution in [0.15, 0.2) is 47.1 Å². The van der Waals surface area contributed by atoms with E-state index in [0.29, 0.717) is 30.5 Å². The Labute approximate surface area is 210 Å². The Morgan fingerprint density at radius 1 is 1.00 bits per heavy atom. The second-order valence-electron chi connectivity index (χ2n) is 10.9. The number of hydrogen-bond donors (Lipinski definition) is 1. The summed E-state index contributed by atoms with van der Waals surface area (Å²) in [5.74, 6) is 2.09. The molecule has 186 valence electrons. The van der Waals surface area contributed by atoms with E-state index in [1.165, 1.54) is 43.0 Å². The van der Waals surface area contributed by atoms with E-state index in [2.05, 4.69) is 39.3 Å². The zero-order chi connectivity index (χ0) is 24.2. The fourth-order valence-corrected chi connectivity index (χ4v) is 6.31. The molecule has 2 saturated carbocycles. The topological polar surface area (TPSA) is 88.7 Å². The molecule has 2 saturated heterocycles. The fraction of sp³-hybridized carbons (Fsp3) is 0.483. The maximum atomic E-state index is 11.2. The van der Waals surface area contributed by atoms with Crippen LogP contribution >= 0.6 is 0 Å². The molecule has 7 rings (SSSR count). The molecule has 3 aromatic rings. The first kappa shape index (κ1) is 22.0. The van der Waals surface area contributed by atoms with Gasteiger partial charge in [0.15, 0.2) is 0 Å². The number of piperidine rings is 1. The first-order valence-corrected chi connectivity index (χ1v) is 13.3. The van der Waals surface area contributed by atoms with Crippen LogP contribution in [0.3, 0.4) is 0 Å². The van der Waals surface area contributed by atoms with Crippen LogP contribution in [0.5, 0.6) is 0 Å². The van der Waals surface area contributed by atoms with E-state index >= 15 is 0 Å². The largest absolute Gasteiger partial charge is 0.478 e. The van der Waals surface area contributed by atoms with E-state index < -0.39 is 5.97 Å². The summed E-state index contributed by atoms with van der Waals surface area (Å²) >= 11 is 0. The molecule has 0 radical (unpaired) electrons. The van der Waals surface area contributed by atoms with E-state index in [9.17, 15) is 9.90 Å². The highest BCUT2D eigenvalue weighted by Crippen LogP contribution is 2.48. The lowest BCUT2D eigenvalue weighted by atomic mass is 9.96. The van der Waals surface area contributed by atoms with Crippen molar-refractivity contribution in [3.8, 4) is 11.3 Å². The second-order valence-corrected chi connectivity index (χ2v) is 10.9. The van der Waals surface area contributed by atoms with Gasteiger partial charge in [0.05, 0.1) is 18.3 Å². The van der Waals surface area contributed by atoms with Gasteiger partial charge in [0.25, 0.3) is 0 Å². The summed E-state index contributed by atoms with van der Waals surface area (Å²) in [4.78, 5) is 18.1. The van der Waals surface area contributed by atoms with Crippen molar-refractivity contribution in [1.82, 2.24) is 10.1 Å². The molecule has 3 atom stereocenters. The average Bonchev–Trinajstić information content (AvgIpc) is 3.83. The van der Waals surface area contributed by atoms with Gasteiger partial charge in [0.2, 0.25) is 0 Å². The summed E-state index contributed by atoms with van der Waals surface area (Å²) in [6.07, 6.45) is 10.6. The van der Waals surface area contributed by atoms with Crippen LogP contribution in [0.2, 0.25) is 0 Å². The number of carbonyl (C=O) groups is 1. The lowest BCUT2D eigenvalue weighted by Gasteiger charge is -2.39. The number of nitrogens with zero attached hydrogens (tertiary/aromatic N) is 3. The number of rotatable bonds is 8. The van der Waals surface area contributed by atoms with Gasteiger partial charge in [-0.05, 0) is 75.0 Å². The zero-order valence-electron chi connectivity index (χ0n) is 20.3. The summed E-state index contributed by atoms with van der Waals surface area (Å²) in [6.45, 7) is 0.541. The number of fused-ring (bicyclic) bond motifs is 2. The van der Waals surface area contributed by atoms with Crippen molar-refractivity contribution < 1.29 is 19.2 Å². The molecule has 2 aromatic heterocycles. The SMILES string of the molecule is O=C(O)c1ccc(N2C3CC[C@H]2CC(OCc2c(-c4ccccc4C4CC4)noc2C2CC2)C3)nc1. The minimum atomic E-state index is -0.942. The third-order valence-corrected chi connectivity index (χ3v) is 8.41. The maximum Gasteiger partial charge on any atom is 0.337 e. The number of anilines is 1. The van der Waals surface area contributed by atoms with Gasteiger partial charge in [0.1, 0.15) is 17.3 Å². The third kappa shape index (κ3) is 3.99. The van der Waals surface area contributed by atoms with Gasteiger partial charge in [-0.2, -0.15) is 0 Å². The summed E-state index contributed by atoms with van der Waals surface area (Å²) in [5, 5.41) is 13.8. The Morgan fingerprint density at radius 2 is 1.75 bits per heavy atom. The number of hydrogen-bond acceptors (Lipinski definition) is 6. The minimum absolute atomic E-state index is 0.186. The van der Waals surface area contributed by atoms with Crippen molar-refractivity contribution in [2.45, 2.75) is 88.0 Å². The van der Waals surface area contributed by atoms with Gasteiger partial charge in [-0.15, -0.1) is 0 Å². The van der Waals surface area contributed by atoms with Crippen molar-refractivity contribution >= 4 is 11.8 Å². The van der Waals surface area contributed by atoms with E-state index in [4.69, 9.17) is 9.26 Å². The second kappa shape index (κ2) is 8.73. The molecule has 1 N–H and O–H groups in total. The molecule has 2 aliphatic carbocycles. The van der Waals surface area contributed by atoms with E-state index in [1.807, 2.05) is 6.07 Å². The summed E-state index contributed by atoms with van der Waals surface area (Å²) < 4.78 is 12.6. The first-order valence-electron chi connectivity index (χ1n) is 13.3. The normalized spacial score (nSPS) is 25.3. The van der Waals surface area contributed by atoms with Crippen molar-refractivity contribution in [2.24, 2.45) is 0 Å². The third-order valence-electron chi connectivity index (χ3n) is 8.41. The van der Waals surface area contributed by atoms with E-state index in [1.54, 1.807) is 6.07 Å². The van der Waals surface area contributed by atoms with Crippen molar-refractivity contribution in [1.29, 1.82) is 0 Å². The smallest absolute Gasteiger partial charge is 0.337 e. The monoisotopic (exact) mass is 485 g/mol. The first-order chi connectivity index (χ1) is 17.7. The van der Waals surface area contributed by atoms with Crippen LogP contribution in [0.4, 0.5) is 5.82 Å². The van der Waals surface area contributed by atoms with Crippen molar-refractivity contribution in [3.63, 3.8) is 0 Å². The Morgan fingerprint density at radius 3 is 2.42 bits per heavy atom. The van der Waals surface area contributed by atoms with Gasteiger partial charge >= 0.3 is 5.97 Å². The molecule has 1 aromatic carbocycles. The highest BCUT2D eigenvalue weighted by atomic mass is 16.5. The Hall–Kier alpha value is -3.19. The Kier molecular flexibility index (Phi) is 5.35. The summed E-state index contributed by atoms with van der Waals surface area (Å²) in [6, 6.07) is 12.9. The van der Waals surface area contributed by atoms with Crippen LogP contribution in [-0.2, 0) is 11.3 Å². The number of carboxylic acid groups (broad SMARTS) is 1. The molecule has 0 spiro atoms. The zero-order valence-corrected chi connectivity index (χ0v) is 20.3. The number of carboxylic acids is 1. The highest BCUT2D eigenvalue weighted by molar-refractivity contribution is 5.87. The number of pyridine rings is 1. The van der Waals surface area contributed by atoms with E-state index in [-0.39, 0.29) is 11.7 Å². The molecular weight excluding hydrogens is 454 g/mol. The standard InChI is InChI=1S/C29H31N3O4/c33-29(34)19-9-12-26(30-15-19)32-20-10-11-21(32)14-22(13-20)35-16-25-27(31-36-28(25)18-7-8-18)24-4-2-1-3-23(24)17-5-6-17/h1-4,9,12,15,17-18,20-22H,5-8,10-11,13-14,16H2,(H,33,34)/t20-,21?,22?/m0/s1. The van der Waals surface area contributed by atoms with Gasteiger partial charge in [0, 0.05) is 35.3 Å². The van der Waals surface area contributed by atoms with Crippen LogP contribution in [-0.4, -0.2) is 39.4 Å². The molecular formula is C29H31N3O4. The maximum absolute atomic E-state index is 11.2. The average molecular weight is 486 g/mol. The molecule has 0 amide bonds. The summed E-state index contributed by atoms with van der Waals surface area (Å²) in [7, 11) is 0. The number of aromatic carboxylic acids is 1. The fourth-order valence-electron chi connectivity index (χ4n) is 6.31. The number of ether oxygens (including phenoxy) is 1. The van der Waals surface area contributed by atoms with Crippen molar-refractivity contribution in [2.75, 3.05) is 4.90 Å². The molecule has 4 heterocycles. The Bertz CT molecular complexity index is 1260. The van der Waals surface area contributed by atoms with Crippen molar-refractivity contribution in [3.05, 3.63) is 65.0 Å². The predicted molar refractivity (Wildman–Crippen MR) is 134 cm³/mol. The molecule has 36 heavy (non-hydrogen) atoms. The predicted octanol–water partition coefficient (Wildman–Crippen LogP) is 5.91. The number of benzene rings is 1. The molecule has 4 fully saturated rings. The molecule has 7 heteroatoms. The molecule has 4 aliphatic rings. The van der Waals surface area contributed by atoms with Crippen LogP contribution < -0.4 is 4.90 Å². The molecule has 2 bridgehead atoms. The van der Waals surface area contributed by atoms with Gasteiger partial charge < -0.3 is 19.3 Å².